The van der Waals surface area contributed by atoms with Crippen LogP contribution in [0.4, 0.5) is 0 Å². The number of rotatable bonds is 6. The summed E-state index contributed by atoms with van der Waals surface area (Å²) in [6.07, 6.45) is 0.455. The molecule has 3 heteroatoms. The molecule has 4 aromatic carbocycles. The Morgan fingerprint density at radius 1 is 0.586 bits per heavy atom. The Hall–Kier alpha value is -2.67. The van der Waals surface area contributed by atoms with Gasteiger partial charge in [-0.15, -0.1) is 12.6 Å². The minimum absolute atomic E-state index is 0.156. The highest BCUT2D eigenvalue weighted by atomic mass is 32.1. The van der Waals surface area contributed by atoms with Gasteiger partial charge in [-0.2, -0.15) is 0 Å². The molecule has 0 aromatic heterocycles. The molecule has 0 bridgehead atoms. The van der Waals surface area contributed by atoms with Gasteiger partial charge >= 0.3 is 0 Å². The van der Waals surface area contributed by atoms with Gasteiger partial charge in [0.05, 0.1) is 0 Å². The molecule has 0 spiro atoms. The van der Waals surface area contributed by atoms with Crippen LogP contribution in [0.5, 0.6) is 0 Å². The Morgan fingerprint density at radius 2 is 0.966 bits per heavy atom. The molecule has 0 saturated heterocycles. The van der Waals surface area contributed by atoms with E-state index < -0.39 is 7.26 Å². The first-order valence-corrected chi connectivity index (χ1v) is 12.0. The van der Waals surface area contributed by atoms with Crippen LogP contribution >= 0.6 is 19.9 Å². The smallest absolute Gasteiger partial charge is 0.201 e. The maximum Gasteiger partial charge on any atom is 0.201 e. The van der Waals surface area contributed by atoms with Gasteiger partial charge in [0.15, 0.2) is 0 Å². The lowest BCUT2D eigenvalue weighted by Crippen LogP contribution is -2.35. The molecule has 29 heavy (non-hydrogen) atoms. The predicted octanol–water partition coefficient (Wildman–Crippen LogP) is 5.15. The highest BCUT2D eigenvalue weighted by Gasteiger charge is 2.47. The first kappa shape index (κ1) is 19.6. The zero-order valence-corrected chi connectivity index (χ0v) is 17.8. The summed E-state index contributed by atoms with van der Waals surface area (Å²) in [4.78, 5) is 14.4. The average Bonchev–Trinajstić information content (AvgIpc) is 2.79. The molecular weight excluding hydrogens is 391 g/mol. The third kappa shape index (κ3) is 4.05. The molecule has 0 heterocycles. The van der Waals surface area contributed by atoms with Gasteiger partial charge in [-0.25, -0.2) is 0 Å². The summed E-state index contributed by atoms with van der Waals surface area (Å²) in [5, 5.41) is 3.66. The van der Waals surface area contributed by atoms with E-state index in [2.05, 4.69) is 85.4 Å². The first-order valence-electron chi connectivity index (χ1n) is 9.57. The summed E-state index contributed by atoms with van der Waals surface area (Å²) < 4.78 is 0. The van der Waals surface area contributed by atoms with E-state index >= 15 is 0 Å². The maximum atomic E-state index is 13.5. The van der Waals surface area contributed by atoms with Crippen molar-refractivity contribution in [2.45, 2.75) is 4.90 Å². The number of thiol groups is 1. The third-order valence-corrected chi connectivity index (χ3v) is 9.76. The third-order valence-electron chi connectivity index (χ3n) is 5.16. The molecule has 0 N–H and O–H groups in total. The molecule has 0 fully saturated rings. The molecule has 1 nitrogen and oxygen atoms in total. The van der Waals surface area contributed by atoms with Crippen LogP contribution in [0, 0.1) is 0 Å². The molecule has 0 aliphatic carbocycles. The van der Waals surface area contributed by atoms with Crippen molar-refractivity contribution >= 4 is 41.6 Å². The highest BCUT2D eigenvalue weighted by molar-refractivity contribution is 7.96. The lowest BCUT2D eigenvalue weighted by molar-refractivity contribution is 0.102. The normalized spacial score (nSPS) is 11.2. The molecule has 0 atom stereocenters. The number of carbonyl (C=O) groups is 1. The molecule has 142 valence electrons. The Morgan fingerprint density at radius 3 is 1.34 bits per heavy atom. The van der Waals surface area contributed by atoms with Crippen LogP contribution in [-0.4, -0.2) is 11.9 Å². The Bertz CT molecular complexity index is 981. The zero-order valence-electron chi connectivity index (χ0n) is 16.0. The van der Waals surface area contributed by atoms with Crippen molar-refractivity contribution in [3.8, 4) is 0 Å². The minimum atomic E-state index is -2.16. The minimum Gasteiger partial charge on any atom is -0.290 e. The van der Waals surface area contributed by atoms with Gasteiger partial charge in [0, 0.05) is 10.5 Å². The molecule has 0 radical (unpaired) electrons. The van der Waals surface area contributed by atoms with Crippen LogP contribution in [0.1, 0.15) is 10.4 Å². The van der Waals surface area contributed by atoms with Gasteiger partial charge in [0.2, 0.25) is 5.78 Å². The Balaban J connectivity index is 1.92. The van der Waals surface area contributed by atoms with Crippen molar-refractivity contribution in [1.29, 1.82) is 0 Å². The largest absolute Gasteiger partial charge is 0.290 e. The summed E-state index contributed by atoms with van der Waals surface area (Å²) in [6.45, 7) is 0. The van der Waals surface area contributed by atoms with Crippen molar-refractivity contribution in [3.63, 3.8) is 0 Å². The molecule has 4 aromatic rings. The Labute approximate surface area is 178 Å². The van der Waals surface area contributed by atoms with E-state index in [1.807, 2.05) is 42.5 Å². The van der Waals surface area contributed by atoms with Crippen molar-refractivity contribution in [1.82, 2.24) is 0 Å². The summed E-state index contributed by atoms with van der Waals surface area (Å²) in [5.41, 5.74) is 0.731. The molecule has 0 unspecified atom stereocenters. The van der Waals surface area contributed by atoms with Gasteiger partial charge in [-0.05, 0) is 48.5 Å². The summed E-state index contributed by atoms with van der Waals surface area (Å²) in [5.74, 6) is 0.156. The topological polar surface area (TPSA) is 17.1 Å². The summed E-state index contributed by atoms with van der Waals surface area (Å²) in [6, 6.07) is 39.0. The van der Waals surface area contributed by atoms with E-state index in [9.17, 15) is 4.79 Å². The monoisotopic (exact) mass is 413 g/mol. The van der Waals surface area contributed by atoms with Crippen molar-refractivity contribution in [3.05, 3.63) is 121 Å². The van der Waals surface area contributed by atoms with Crippen LogP contribution in [0.25, 0.3) is 0 Å². The molecule has 4 rings (SSSR count). The van der Waals surface area contributed by atoms with Gasteiger partial charge in [-0.3, -0.25) is 4.79 Å². The fraction of sp³-hybridized carbons (Fsp3) is 0.0385. The predicted molar refractivity (Wildman–Crippen MR) is 128 cm³/mol. The second-order valence-corrected chi connectivity index (χ2v) is 10.9. The van der Waals surface area contributed by atoms with E-state index in [0.29, 0.717) is 6.16 Å². The lowest BCUT2D eigenvalue weighted by atomic mass is 10.1. The quantitative estimate of drug-likeness (QED) is 0.263. The number of ketones is 1. The molecule has 0 aliphatic heterocycles. The fourth-order valence-corrected chi connectivity index (χ4v) is 7.97. The van der Waals surface area contributed by atoms with E-state index in [0.717, 1.165) is 10.5 Å². The van der Waals surface area contributed by atoms with Crippen molar-refractivity contribution in [2.24, 2.45) is 0 Å². The van der Waals surface area contributed by atoms with Crippen LogP contribution in [0.3, 0.4) is 0 Å². The SMILES string of the molecule is O=C(C[P+](c1ccccc1)(c1ccccc1)c1ccccc1)c1ccc(S)cc1. The second kappa shape index (κ2) is 8.78. The van der Waals surface area contributed by atoms with E-state index in [1.165, 1.54) is 15.9 Å². The molecule has 0 aliphatic rings. The molecule has 0 saturated carbocycles. The van der Waals surface area contributed by atoms with Crippen LogP contribution in [0.2, 0.25) is 0 Å². The van der Waals surface area contributed by atoms with Gasteiger partial charge in [0.1, 0.15) is 29.3 Å². The standard InChI is InChI=1S/C26H21OPS/c27-26(21-16-18-25(29)19-17-21)20-28(22-10-4-1-5-11-22,23-12-6-2-7-13-23)24-14-8-3-9-15-24/h1-19H,20H2/p+1. The zero-order chi connectivity index (χ0) is 20.1. The number of hydrogen-bond donors (Lipinski definition) is 1. The number of benzene rings is 4. The summed E-state index contributed by atoms with van der Waals surface area (Å²) in [7, 11) is -2.16. The number of hydrogen-bond acceptors (Lipinski definition) is 2. The lowest BCUT2D eigenvalue weighted by Gasteiger charge is -2.27. The van der Waals surface area contributed by atoms with Gasteiger partial charge in [0.25, 0.3) is 0 Å². The average molecular weight is 414 g/mol. The number of Topliss-reactive ketones (excluding diaryl/α,β-unsaturated/α-hetero) is 1. The van der Waals surface area contributed by atoms with E-state index in [-0.39, 0.29) is 5.78 Å². The van der Waals surface area contributed by atoms with Crippen LogP contribution in [-0.2, 0) is 0 Å². The molecular formula is C26H22OPS+. The molecule has 0 amide bonds. The van der Waals surface area contributed by atoms with Crippen molar-refractivity contribution < 1.29 is 4.79 Å². The highest BCUT2D eigenvalue weighted by Crippen LogP contribution is 2.55. The number of carbonyl (C=O) groups excluding carboxylic acids is 1. The fourth-order valence-electron chi connectivity index (χ4n) is 3.72. The second-order valence-electron chi connectivity index (χ2n) is 6.94. The van der Waals surface area contributed by atoms with Crippen molar-refractivity contribution in [2.75, 3.05) is 6.16 Å². The summed E-state index contributed by atoms with van der Waals surface area (Å²) >= 11 is 4.35. The van der Waals surface area contributed by atoms with Gasteiger partial charge in [-0.1, -0.05) is 66.7 Å². The Kier molecular flexibility index (Phi) is 5.94. The van der Waals surface area contributed by atoms with Gasteiger partial charge < -0.3 is 0 Å². The van der Waals surface area contributed by atoms with Crippen LogP contribution in [0.15, 0.2) is 120 Å². The van der Waals surface area contributed by atoms with E-state index in [1.54, 1.807) is 0 Å². The van der Waals surface area contributed by atoms with E-state index in [4.69, 9.17) is 0 Å². The first-order chi connectivity index (χ1) is 14.2. The maximum absolute atomic E-state index is 13.5. The van der Waals surface area contributed by atoms with Crippen LogP contribution < -0.4 is 15.9 Å².